The zero-order valence-corrected chi connectivity index (χ0v) is 11.2. The number of rotatable bonds is 4. The maximum atomic E-state index is 6.21. The van der Waals surface area contributed by atoms with Gasteiger partial charge in [-0.1, -0.05) is 11.6 Å². The normalized spacial score (nSPS) is 16.8. The molecule has 0 spiro atoms. The van der Waals surface area contributed by atoms with E-state index in [0.29, 0.717) is 0 Å². The maximum absolute atomic E-state index is 6.21. The lowest BCUT2D eigenvalue weighted by molar-refractivity contribution is 0.335. The highest BCUT2D eigenvalue weighted by Crippen LogP contribution is 2.39. The zero-order valence-electron chi connectivity index (χ0n) is 10.5. The van der Waals surface area contributed by atoms with Crippen molar-refractivity contribution >= 4 is 11.6 Å². The van der Waals surface area contributed by atoms with E-state index in [-0.39, 0.29) is 5.54 Å². The molecule has 0 radical (unpaired) electrons. The molecule has 1 fully saturated rings. The topological polar surface area (TPSA) is 29.9 Å². The first-order valence-corrected chi connectivity index (χ1v) is 6.22. The van der Waals surface area contributed by atoms with Gasteiger partial charge in [0.1, 0.15) is 0 Å². The predicted molar refractivity (Wildman–Crippen MR) is 66.6 cm³/mol. The van der Waals surface area contributed by atoms with E-state index < -0.39 is 0 Å². The summed E-state index contributed by atoms with van der Waals surface area (Å²) in [6.45, 7) is 7.27. The van der Waals surface area contributed by atoms with Crippen molar-refractivity contribution in [3.05, 3.63) is 16.4 Å². The average molecular weight is 242 g/mol. The van der Waals surface area contributed by atoms with Crippen molar-refractivity contribution in [1.82, 2.24) is 15.1 Å². The van der Waals surface area contributed by atoms with E-state index >= 15 is 0 Å². The predicted octanol–water partition coefficient (Wildman–Crippen LogP) is 2.66. The minimum atomic E-state index is 0.210. The molecule has 16 heavy (non-hydrogen) atoms. The fourth-order valence-electron chi connectivity index (χ4n) is 2.13. The first-order valence-electron chi connectivity index (χ1n) is 5.85. The smallest absolute Gasteiger partial charge is 0.0860 e. The lowest BCUT2D eigenvalue weighted by atomic mass is 9.99. The number of aryl methyl sites for hydroxylation is 2. The minimum Gasteiger partial charge on any atom is -0.306 e. The van der Waals surface area contributed by atoms with E-state index in [0.717, 1.165) is 28.9 Å². The Morgan fingerprint density at radius 3 is 2.56 bits per heavy atom. The summed E-state index contributed by atoms with van der Waals surface area (Å²) >= 11 is 6.21. The van der Waals surface area contributed by atoms with Gasteiger partial charge in [0.15, 0.2) is 0 Å². The Morgan fingerprint density at radius 1 is 1.50 bits per heavy atom. The third-order valence-electron chi connectivity index (χ3n) is 3.57. The number of nitrogens with zero attached hydrogens (tertiary/aromatic N) is 2. The van der Waals surface area contributed by atoms with Gasteiger partial charge in [-0.25, -0.2) is 0 Å². The fourth-order valence-corrected chi connectivity index (χ4v) is 2.36. The van der Waals surface area contributed by atoms with Crippen LogP contribution in [0.25, 0.3) is 0 Å². The van der Waals surface area contributed by atoms with Gasteiger partial charge in [-0.05, 0) is 39.5 Å². The number of hydrogen-bond acceptors (Lipinski definition) is 2. The zero-order chi connectivity index (χ0) is 11.9. The third kappa shape index (κ3) is 2.25. The van der Waals surface area contributed by atoms with Crippen LogP contribution in [0.5, 0.6) is 0 Å². The molecule has 3 nitrogen and oxygen atoms in total. The molecule has 0 aromatic carbocycles. The molecule has 1 aromatic rings. The quantitative estimate of drug-likeness (QED) is 0.879. The molecule has 90 valence electrons. The maximum Gasteiger partial charge on any atom is 0.0860 e. The lowest BCUT2D eigenvalue weighted by Gasteiger charge is -2.26. The highest BCUT2D eigenvalue weighted by atomic mass is 35.5. The Kier molecular flexibility index (Phi) is 3.01. The second-order valence-corrected chi connectivity index (χ2v) is 5.70. The number of halogens is 1. The standard InChI is InChI=1S/C12H20ClN3/c1-8-11(13)10(16(4)15-8)7-14-12(2,3)9-5-6-9/h9,14H,5-7H2,1-4H3. The molecule has 0 unspecified atom stereocenters. The summed E-state index contributed by atoms with van der Waals surface area (Å²) in [7, 11) is 1.94. The van der Waals surface area contributed by atoms with Gasteiger partial charge in [-0.3, -0.25) is 4.68 Å². The van der Waals surface area contributed by atoms with E-state index in [1.54, 1.807) is 0 Å². The number of hydrogen-bond donors (Lipinski definition) is 1. The lowest BCUT2D eigenvalue weighted by Crippen LogP contribution is -2.41. The molecular formula is C12H20ClN3. The summed E-state index contributed by atoms with van der Waals surface area (Å²) < 4.78 is 1.87. The summed E-state index contributed by atoms with van der Waals surface area (Å²) in [5.74, 6) is 0.820. The second kappa shape index (κ2) is 4.04. The molecule has 1 aromatic heterocycles. The van der Waals surface area contributed by atoms with Crippen LogP contribution >= 0.6 is 11.6 Å². The van der Waals surface area contributed by atoms with Gasteiger partial charge in [0.25, 0.3) is 0 Å². The van der Waals surface area contributed by atoms with Crippen molar-refractivity contribution in [3.63, 3.8) is 0 Å². The molecule has 1 heterocycles. The van der Waals surface area contributed by atoms with Crippen LogP contribution < -0.4 is 5.32 Å². The molecule has 0 saturated heterocycles. The van der Waals surface area contributed by atoms with Crippen molar-refractivity contribution < 1.29 is 0 Å². The van der Waals surface area contributed by atoms with Gasteiger partial charge in [0.05, 0.1) is 16.4 Å². The first kappa shape index (κ1) is 11.9. The molecule has 1 saturated carbocycles. The van der Waals surface area contributed by atoms with E-state index in [1.807, 2.05) is 18.7 Å². The highest BCUT2D eigenvalue weighted by molar-refractivity contribution is 6.31. The first-order chi connectivity index (χ1) is 7.42. The summed E-state index contributed by atoms with van der Waals surface area (Å²) in [4.78, 5) is 0. The van der Waals surface area contributed by atoms with Crippen molar-refractivity contribution in [2.75, 3.05) is 0 Å². The molecule has 2 rings (SSSR count). The van der Waals surface area contributed by atoms with Crippen molar-refractivity contribution in [2.45, 2.75) is 45.7 Å². The van der Waals surface area contributed by atoms with E-state index in [9.17, 15) is 0 Å². The van der Waals surface area contributed by atoms with Gasteiger partial charge in [-0.2, -0.15) is 5.10 Å². The molecular weight excluding hydrogens is 222 g/mol. The largest absolute Gasteiger partial charge is 0.306 e. The van der Waals surface area contributed by atoms with Crippen LogP contribution in [0.4, 0.5) is 0 Å². The van der Waals surface area contributed by atoms with Crippen molar-refractivity contribution in [3.8, 4) is 0 Å². The SMILES string of the molecule is Cc1nn(C)c(CNC(C)(C)C2CC2)c1Cl. The van der Waals surface area contributed by atoms with Gasteiger partial charge in [-0.15, -0.1) is 0 Å². The summed E-state index contributed by atoms with van der Waals surface area (Å²) in [5.41, 5.74) is 2.19. The van der Waals surface area contributed by atoms with Crippen LogP contribution in [-0.2, 0) is 13.6 Å². The third-order valence-corrected chi connectivity index (χ3v) is 4.06. The minimum absolute atomic E-state index is 0.210. The van der Waals surface area contributed by atoms with Gasteiger partial charge >= 0.3 is 0 Å². The Hall–Kier alpha value is -0.540. The van der Waals surface area contributed by atoms with Crippen LogP contribution in [0, 0.1) is 12.8 Å². The average Bonchev–Trinajstić information content (AvgIpc) is 2.97. The fraction of sp³-hybridized carbons (Fsp3) is 0.750. The van der Waals surface area contributed by atoms with E-state index in [4.69, 9.17) is 11.6 Å². The van der Waals surface area contributed by atoms with Crippen LogP contribution in [0.1, 0.15) is 38.1 Å². The van der Waals surface area contributed by atoms with E-state index in [1.165, 1.54) is 12.8 Å². The van der Waals surface area contributed by atoms with Crippen molar-refractivity contribution in [2.24, 2.45) is 13.0 Å². The number of aromatic nitrogens is 2. The molecule has 4 heteroatoms. The van der Waals surface area contributed by atoms with Crippen LogP contribution in [-0.4, -0.2) is 15.3 Å². The van der Waals surface area contributed by atoms with Gasteiger partial charge in [0.2, 0.25) is 0 Å². The van der Waals surface area contributed by atoms with Gasteiger partial charge in [0, 0.05) is 19.1 Å². The highest BCUT2D eigenvalue weighted by Gasteiger charge is 2.37. The molecule has 1 aliphatic carbocycles. The molecule has 0 aliphatic heterocycles. The van der Waals surface area contributed by atoms with Crippen LogP contribution in [0.3, 0.4) is 0 Å². The summed E-state index contributed by atoms with van der Waals surface area (Å²) in [5, 5.41) is 8.70. The van der Waals surface area contributed by atoms with Crippen LogP contribution in [0.15, 0.2) is 0 Å². The monoisotopic (exact) mass is 241 g/mol. The Morgan fingerprint density at radius 2 is 2.12 bits per heavy atom. The Labute approximate surface area is 102 Å². The summed E-state index contributed by atoms with van der Waals surface area (Å²) in [6, 6.07) is 0. The van der Waals surface area contributed by atoms with Gasteiger partial charge < -0.3 is 5.32 Å². The molecule has 1 aliphatic rings. The van der Waals surface area contributed by atoms with Crippen molar-refractivity contribution in [1.29, 1.82) is 0 Å². The molecule has 0 bridgehead atoms. The number of nitrogens with one attached hydrogen (secondary N) is 1. The molecule has 0 atom stereocenters. The molecule has 1 N–H and O–H groups in total. The Balaban J connectivity index is 2.04. The Bertz CT molecular complexity index is 391. The van der Waals surface area contributed by atoms with Crippen LogP contribution in [0.2, 0.25) is 5.02 Å². The van der Waals surface area contributed by atoms with E-state index in [2.05, 4.69) is 24.3 Å². The summed E-state index contributed by atoms with van der Waals surface area (Å²) in [6.07, 6.45) is 2.69. The second-order valence-electron chi connectivity index (χ2n) is 5.32. The molecule has 0 amide bonds.